The van der Waals surface area contributed by atoms with E-state index in [1.165, 1.54) is 12.8 Å². The van der Waals surface area contributed by atoms with Gasteiger partial charge in [-0.1, -0.05) is 0 Å². The molecule has 0 spiro atoms. The van der Waals surface area contributed by atoms with Crippen LogP contribution in [-0.2, 0) is 9.53 Å². The summed E-state index contributed by atoms with van der Waals surface area (Å²) in [6.45, 7) is 3.79. The molecule has 1 saturated carbocycles. The van der Waals surface area contributed by atoms with Crippen molar-refractivity contribution in [2.75, 3.05) is 20.2 Å². The summed E-state index contributed by atoms with van der Waals surface area (Å²) in [4.78, 5) is 14.1. The monoisotopic (exact) mass is 226 g/mol. The third-order valence-corrected chi connectivity index (χ3v) is 3.55. The Hall–Kier alpha value is -0.610. The Balaban J connectivity index is 1.91. The van der Waals surface area contributed by atoms with E-state index >= 15 is 0 Å². The highest BCUT2D eigenvalue weighted by Crippen LogP contribution is 2.28. The van der Waals surface area contributed by atoms with Gasteiger partial charge >= 0.3 is 0 Å². The van der Waals surface area contributed by atoms with Crippen LogP contribution in [0.3, 0.4) is 0 Å². The molecule has 1 aliphatic heterocycles. The fourth-order valence-corrected chi connectivity index (χ4v) is 2.29. The van der Waals surface area contributed by atoms with Crippen molar-refractivity contribution in [3.8, 4) is 0 Å². The molecular weight excluding hydrogens is 204 g/mol. The molecule has 0 radical (unpaired) electrons. The van der Waals surface area contributed by atoms with Crippen molar-refractivity contribution >= 4 is 5.91 Å². The Labute approximate surface area is 97.3 Å². The molecule has 2 atom stereocenters. The normalized spacial score (nSPS) is 26.8. The van der Waals surface area contributed by atoms with Crippen LogP contribution < -0.4 is 5.32 Å². The smallest absolute Gasteiger partial charge is 0.251 e. The number of methoxy groups -OCH3 is 1. The summed E-state index contributed by atoms with van der Waals surface area (Å²) < 4.78 is 5.12. The minimum Gasteiger partial charge on any atom is -0.372 e. The third-order valence-electron chi connectivity index (χ3n) is 3.55. The lowest BCUT2D eigenvalue weighted by atomic mass is 10.2. The maximum absolute atomic E-state index is 12.1. The van der Waals surface area contributed by atoms with Crippen molar-refractivity contribution in [1.82, 2.24) is 10.2 Å². The van der Waals surface area contributed by atoms with E-state index in [1.807, 2.05) is 11.8 Å². The number of nitrogens with one attached hydrogen (secondary N) is 1. The molecule has 1 amide bonds. The molecule has 2 aliphatic rings. The SMILES string of the molecule is CO[C@@H](C)C(=O)N(C[C@@H]1CCCN1)C1CC1. The number of ether oxygens (including phenoxy) is 1. The summed E-state index contributed by atoms with van der Waals surface area (Å²) >= 11 is 0. The molecule has 1 N–H and O–H groups in total. The highest BCUT2D eigenvalue weighted by molar-refractivity contribution is 5.81. The quantitative estimate of drug-likeness (QED) is 0.752. The fourth-order valence-electron chi connectivity index (χ4n) is 2.29. The first-order valence-electron chi connectivity index (χ1n) is 6.29. The number of nitrogens with zero attached hydrogens (tertiary/aromatic N) is 1. The fraction of sp³-hybridized carbons (Fsp3) is 0.917. The molecule has 4 heteroatoms. The van der Waals surface area contributed by atoms with Crippen molar-refractivity contribution in [3.63, 3.8) is 0 Å². The van der Waals surface area contributed by atoms with Gasteiger partial charge in [-0.15, -0.1) is 0 Å². The van der Waals surface area contributed by atoms with Crippen molar-refractivity contribution in [3.05, 3.63) is 0 Å². The van der Waals surface area contributed by atoms with E-state index in [4.69, 9.17) is 4.74 Å². The van der Waals surface area contributed by atoms with E-state index < -0.39 is 0 Å². The number of hydrogen-bond acceptors (Lipinski definition) is 3. The molecular formula is C12H22N2O2. The molecule has 1 saturated heterocycles. The Kier molecular flexibility index (Phi) is 3.82. The predicted octanol–water partition coefficient (Wildman–Crippen LogP) is 0.764. The van der Waals surface area contributed by atoms with Crippen LogP contribution in [0.4, 0.5) is 0 Å². The number of hydrogen-bond donors (Lipinski definition) is 1. The molecule has 0 aromatic rings. The molecule has 2 rings (SSSR count). The minimum atomic E-state index is -0.304. The molecule has 1 heterocycles. The van der Waals surface area contributed by atoms with Gasteiger partial charge in [0.15, 0.2) is 0 Å². The highest BCUT2D eigenvalue weighted by atomic mass is 16.5. The summed E-state index contributed by atoms with van der Waals surface area (Å²) in [6, 6.07) is 0.973. The van der Waals surface area contributed by atoms with Crippen molar-refractivity contribution in [2.45, 2.75) is 50.8 Å². The molecule has 0 aromatic heterocycles. The zero-order valence-electron chi connectivity index (χ0n) is 10.2. The highest BCUT2D eigenvalue weighted by Gasteiger charge is 2.36. The van der Waals surface area contributed by atoms with Crippen LogP contribution in [0.1, 0.15) is 32.6 Å². The van der Waals surface area contributed by atoms with Crippen molar-refractivity contribution < 1.29 is 9.53 Å². The summed E-state index contributed by atoms with van der Waals surface area (Å²) in [5, 5.41) is 3.45. The first-order valence-corrected chi connectivity index (χ1v) is 6.29. The van der Waals surface area contributed by atoms with Gasteiger partial charge in [-0.3, -0.25) is 4.79 Å². The topological polar surface area (TPSA) is 41.6 Å². The summed E-state index contributed by atoms with van der Waals surface area (Å²) in [5.74, 6) is 0.152. The lowest BCUT2D eigenvalue weighted by Gasteiger charge is -2.28. The Morgan fingerprint density at radius 1 is 1.50 bits per heavy atom. The van der Waals surface area contributed by atoms with Crippen molar-refractivity contribution in [1.29, 1.82) is 0 Å². The first-order chi connectivity index (χ1) is 7.72. The van der Waals surface area contributed by atoms with E-state index in [2.05, 4.69) is 5.32 Å². The second-order valence-electron chi connectivity index (χ2n) is 4.89. The molecule has 92 valence electrons. The van der Waals surface area contributed by atoms with Crippen LogP contribution in [0.5, 0.6) is 0 Å². The van der Waals surface area contributed by atoms with E-state index in [9.17, 15) is 4.79 Å². The number of rotatable bonds is 5. The van der Waals surface area contributed by atoms with Crippen LogP contribution >= 0.6 is 0 Å². The number of carbonyl (C=O) groups is 1. The molecule has 0 bridgehead atoms. The van der Waals surface area contributed by atoms with E-state index in [0.29, 0.717) is 12.1 Å². The summed E-state index contributed by atoms with van der Waals surface area (Å²) in [5.41, 5.74) is 0. The Bertz CT molecular complexity index is 247. The molecule has 0 unspecified atom stereocenters. The molecule has 0 aromatic carbocycles. The van der Waals surface area contributed by atoms with Gasteiger partial charge in [0.05, 0.1) is 0 Å². The van der Waals surface area contributed by atoms with Gasteiger partial charge in [0.25, 0.3) is 5.91 Å². The van der Waals surface area contributed by atoms with Gasteiger partial charge in [0.1, 0.15) is 6.10 Å². The average Bonchev–Trinajstić information content (AvgIpc) is 3.01. The van der Waals surface area contributed by atoms with Gasteiger partial charge in [-0.25, -0.2) is 0 Å². The first kappa shape index (κ1) is 11.9. The van der Waals surface area contributed by atoms with E-state index in [0.717, 1.165) is 25.9 Å². The van der Waals surface area contributed by atoms with E-state index in [1.54, 1.807) is 7.11 Å². The number of carbonyl (C=O) groups excluding carboxylic acids is 1. The van der Waals surface area contributed by atoms with Crippen LogP contribution in [0.25, 0.3) is 0 Å². The lowest BCUT2D eigenvalue weighted by molar-refractivity contribution is -0.141. The number of amides is 1. The standard InChI is InChI=1S/C12H22N2O2/c1-9(16-2)12(15)14(11-5-6-11)8-10-4-3-7-13-10/h9-11,13H,3-8H2,1-2H3/t9-,10-/m0/s1. The summed E-state index contributed by atoms with van der Waals surface area (Å²) in [6.07, 6.45) is 4.45. The average molecular weight is 226 g/mol. The molecule has 4 nitrogen and oxygen atoms in total. The van der Waals surface area contributed by atoms with Crippen LogP contribution in [-0.4, -0.2) is 49.2 Å². The van der Waals surface area contributed by atoms with Gasteiger partial charge < -0.3 is 15.0 Å². The van der Waals surface area contributed by atoms with Crippen molar-refractivity contribution in [2.24, 2.45) is 0 Å². The predicted molar refractivity (Wildman–Crippen MR) is 62.2 cm³/mol. The van der Waals surface area contributed by atoms with E-state index in [-0.39, 0.29) is 12.0 Å². The van der Waals surface area contributed by atoms with Gasteiger partial charge in [-0.2, -0.15) is 0 Å². The van der Waals surface area contributed by atoms with Gasteiger partial charge in [0, 0.05) is 25.7 Å². The van der Waals surface area contributed by atoms with Gasteiger partial charge in [-0.05, 0) is 39.2 Å². The Morgan fingerprint density at radius 3 is 2.75 bits per heavy atom. The van der Waals surface area contributed by atoms with Gasteiger partial charge in [0.2, 0.25) is 0 Å². The molecule has 2 fully saturated rings. The maximum atomic E-state index is 12.1. The lowest BCUT2D eigenvalue weighted by Crippen LogP contribution is -2.46. The summed E-state index contributed by atoms with van der Waals surface area (Å²) in [7, 11) is 1.60. The maximum Gasteiger partial charge on any atom is 0.251 e. The molecule has 16 heavy (non-hydrogen) atoms. The second-order valence-corrected chi connectivity index (χ2v) is 4.89. The largest absolute Gasteiger partial charge is 0.372 e. The van der Waals surface area contributed by atoms with Crippen LogP contribution in [0.15, 0.2) is 0 Å². The molecule has 1 aliphatic carbocycles. The van der Waals surface area contributed by atoms with Crippen LogP contribution in [0.2, 0.25) is 0 Å². The minimum absolute atomic E-state index is 0.152. The zero-order valence-corrected chi connectivity index (χ0v) is 10.2. The van der Waals surface area contributed by atoms with Crippen LogP contribution in [0, 0.1) is 0 Å². The Morgan fingerprint density at radius 2 is 2.25 bits per heavy atom. The zero-order chi connectivity index (χ0) is 11.5. The second kappa shape index (κ2) is 5.15. The third kappa shape index (κ3) is 2.74.